The second-order valence-corrected chi connectivity index (χ2v) is 7.22. The highest BCUT2D eigenvalue weighted by Crippen LogP contribution is 2.34. The van der Waals surface area contributed by atoms with E-state index in [4.69, 9.17) is 11.5 Å². The van der Waals surface area contributed by atoms with Crippen molar-refractivity contribution >= 4 is 11.4 Å². The van der Waals surface area contributed by atoms with Gasteiger partial charge in [-0.05, 0) is 65.5 Å². The van der Waals surface area contributed by atoms with E-state index < -0.39 is 0 Å². The van der Waals surface area contributed by atoms with Crippen LogP contribution in [-0.4, -0.2) is 0 Å². The van der Waals surface area contributed by atoms with E-state index in [1.807, 2.05) is 0 Å². The van der Waals surface area contributed by atoms with Crippen molar-refractivity contribution in [3.63, 3.8) is 0 Å². The van der Waals surface area contributed by atoms with Gasteiger partial charge in [0.15, 0.2) is 0 Å². The van der Waals surface area contributed by atoms with Gasteiger partial charge in [-0.25, -0.2) is 0 Å². The summed E-state index contributed by atoms with van der Waals surface area (Å²) in [5.41, 5.74) is 22.1. The van der Waals surface area contributed by atoms with Crippen molar-refractivity contribution in [3.05, 3.63) is 57.6 Å². The smallest absolute Gasteiger partial charge is 0.0381 e. The fourth-order valence-corrected chi connectivity index (χ4v) is 3.46. The minimum atomic E-state index is 0.412. The Morgan fingerprint density at radius 2 is 1.04 bits per heavy atom. The first kappa shape index (κ1) is 17.4. The number of nitrogens with two attached hydrogens (primary N) is 2. The third-order valence-corrected chi connectivity index (χ3v) is 4.73. The summed E-state index contributed by atoms with van der Waals surface area (Å²) < 4.78 is 0. The fourth-order valence-electron chi connectivity index (χ4n) is 3.46. The molecule has 4 N–H and O–H groups in total. The van der Waals surface area contributed by atoms with Crippen LogP contribution in [0.25, 0.3) is 0 Å². The van der Waals surface area contributed by atoms with E-state index >= 15 is 0 Å². The minimum absolute atomic E-state index is 0.412. The summed E-state index contributed by atoms with van der Waals surface area (Å²) in [5, 5.41) is 0. The van der Waals surface area contributed by atoms with Crippen LogP contribution in [0.15, 0.2) is 24.3 Å². The Morgan fingerprint density at radius 1 is 0.696 bits per heavy atom. The normalized spacial score (nSPS) is 11.5. The Labute approximate surface area is 140 Å². The number of hydrogen-bond donors (Lipinski definition) is 2. The van der Waals surface area contributed by atoms with Gasteiger partial charge in [-0.3, -0.25) is 0 Å². The molecule has 0 atom stereocenters. The van der Waals surface area contributed by atoms with Crippen LogP contribution in [0.4, 0.5) is 11.4 Å². The Kier molecular flexibility index (Phi) is 5.03. The molecular weight excluding hydrogens is 280 g/mol. The van der Waals surface area contributed by atoms with Crippen LogP contribution in [0.2, 0.25) is 0 Å². The van der Waals surface area contributed by atoms with E-state index in [-0.39, 0.29) is 0 Å². The molecular formula is C21H30N2. The maximum Gasteiger partial charge on any atom is 0.0381 e. The zero-order valence-corrected chi connectivity index (χ0v) is 15.3. The molecule has 0 radical (unpaired) electrons. The van der Waals surface area contributed by atoms with E-state index in [0.717, 1.165) is 28.9 Å². The van der Waals surface area contributed by atoms with Crippen molar-refractivity contribution in [2.24, 2.45) is 0 Å². The zero-order valence-electron chi connectivity index (χ0n) is 15.3. The van der Waals surface area contributed by atoms with Crippen LogP contribution in [0.5, 0.6) is 0 Å². The molecule has 2 heteroatoms. The summed E-state index contributed by atoms with van der Waals surface area (Å²) in [6, 6.07) is 8.70. The third-order valence-electron chi connectivity index (χ3n) is 4.73. The molecule has 0 heterocycles. The average molecular weight is 310 g/mol. The molecule has 0 aromatic heterocycles. The Bertz CT molecular complexity index is 651. The van der Waals surface area contributed by atoms with Crippen molar-refractivity contribution < 1.29 is 0 Å². The van der Waals surface area contributed by atoms with Crippen molar-refractivity contribution in [1.82, 2.24) is 0 Å². The molecule has 2 aromatic carbocycles. The molecule has 0 amide bonds. The zero-order chi connectivity index (χ0) is 17.3. The van der Waals surface area contributed by atoms with E-state index in [1.54, 1.807) is 0 Å². The minimum Gasteiger partial charge on any atom is -0.398 e. The summed E-state index contributed by atoms with van der Waals surface area (Å²) in [5.74, 6) is 0.824. The largest absolute Gasteiger partial charge is 0.398 e. The second-order valence-electron chi connectivity index (χ2n) is 7.22. The van der Waals surface area contributed by atoms with Crippen LogP contribution in [-0.2, 0) is 6.42 Å². The van der Waals surface area contributed by atoms with Gasteiger partial charge in [0.2, 0.25) is 0 Å². The number of aryl methyl sites for hydroxylation is 2. The number of benzene rings is 2. The van der Waals surface area contributed by atoms with E-state index in [9.17, 15) is 0 Å². The van der Waals surface area contributed by atoms with Crippen LogP contribution >= 0.6 is 0 Å². The quantitative estimate of drug-likeness (QED) is 0.752. The van der Waals surface area contributed by atoms with Gasteiger partial charge in [-0.1, -0.05) is 52.0 Å². The first-order valence-corrected chi connectivity index (χ1v) is 8.49. The lowest BCUT2D eigenvalue weighted by Gasteiger charge is -2.21. The molecule has 0 unspecified atom stereocenters. The van der Waals surface area contributed by atoms with Crippen molar-refractivity contribution in [1.29, 1.82) is 0 Å². The van der Waals surface area contributed by atoms with Gasteiger partial charge < -0.3 is 11.5 Å². The molecule has 124 valence electrons. The third kappa shape index (κ3) is 3.36. The predicted molar refractivity (Wildman–Crippen MR) is 102 cm³/mol. The van der Waals surface area contributed by atoms with Crippen LogP contribution in [0, 0.1) is 13.8 Å². The molecule has 2 nitrogen and oxygen atoms in total. The topological polar surface area (TPSA) is 52.0 Å². The molecule has 0 spiro atoms. The molecule has 0 saturated carbocycles. The van der Waals surface area contributed by atoms with Crippen LogP contribution < -0.4 is 11.5 Å². The van der Waals surface area contributed by atoms with Gasteiger partial charge in [0.25, 0.3) is 0 Å². The molecule has 0 aliphatic heterocycles. The van der Waals surface area contributed by atoms with Gasteiger partial charge in [0.1, 0.15) is 0 Å². The van der Waals surface area contributed by atoms with Crippen molar-refractivity contribution in [2.75, 3.05) is 11.5 Å². The number of anilines is 2. The summed E-state index contributed by atoms with van der Waals surface area (Å²) in [7, 11) is 0. The molecule has 2 rings (SSSR count). The van der Waals surface area contributed by atoms with Gasteiger partial charge >= 0.3 is 0 Å². The molecule has 23 heavy (non-hydrogen) atoms. The maximum absolute atomic E-state index is 6.37. The predicted octanol–water partition coefficient (Wildman–Crippen LogP) is 5.31. The van der Waals surface area contributed by atoms with E-state index in [0.29, 0.717) is 11.8 Å². The Balaban J connectivity index is 2.57. The van der Waals surface area contributed by atoms with E-state index in [2.05, 4.69) is 65.8 Å². The highest BCUT2D eigenvalue weighted by Gasteiger charge is 2.17. The van der Waals surface area contributed by atoms with Crippen LogP contribution in [0.3, 0.4) is 0 Å². The number of rotatable bonds is 4. The van der Waals surface area contributed by atoms with Gasteiger partial charge in [-0.2, -0.15) is 0 Å². The molecule has 0 bridgehead atoms. The molecule has 0 fully saturated rings. The molecule has 2 aromatic rings. The summed E-state index contributed by atoms with van der Waals surface area (Å²) in [6.07, 6.45) is 0.885. The lowest BCUT2D eigenvalue weighted by Crippen LogP contribution is -2.08. The summed E-state index contributed by atoms with van der Waals surface area (Å²) in [4.78, 5) is 0. The monoisotopic (exact) mass is 310 g/mol. The fraction of sp³-hybridized carbons (Fsp3) is 0.429. The van der Waals surface area contributed by atoms with Crippen LogP contribution in [0.1, 0.15) is 72.9 Å². The van der Waals surface area contributed by atoms with Crippen molar-refractivity contribution in [3.8, 4) is 0 Å². The highest BCUT2D eigenvalue weighted by atomic mass is 14.6. The van der Waals surface area contributed by atoms with Crippen molar-refractivity contribution in [2.45, 2.75) is 59.8 Å². The lowest BCUT2D eigenvalue weighted by atomic mass is 9.85. The summed E-state index contributed by atoms with van der Waals surface area (Å²) in [6.45, 7) is 13.0. The number of nitrogen functional groups attached to an aromatic ring is 2. The lowest BCUT2D eigenvalue weighted by molar-refractivity contribution is 0.832. The van der Waals surface area contributed by atoms with E-state index in [1.165, 1.54) is 22.3 Å². The van der Waals surface area contributed by atoms with Gasteiger partial charge in [-0.15, -0.1) is 0 Å². The maximum atomic E-state index is 6.37. The molecule has 0 aliphatic carbocycles. The number of hydrogen-bond acceptors (Lipinski definition) is 2. The molecule has 0 saturated heterocycles. The second kappa shape index (κ2) is 6.66. The van der Waals surface area contributed by atoms with Gasteiger partial charge in [0, 0.05) is 11.4 Å². The SMILES string of the molecule is Cc1ccc(Cc2ccc(C)c(N)c2C(C)C)c(C(C)C)c1N. The standard InChI is InChI=1S/C21H30N2/c1-12(2)18-16(9-7-14(5)20(18)22)11-17-10-8-15(6)21(23)19(17)13(3)4/h7-10,12-13H,11,22-23H2,1-6H3. The first-order valence-electron chi connectivity index (χ1n) is 8.49. The summed E-state index contributed by atoms with van der Waals surface area (Å²) >= 11 is 0. The Hall–Kier alpha value is -1.96. The average Bonchev–Trinajstić information content (AvgIpc) is 2.46. The molecule has 0 aliphatic rings. The first-order chi connectivity index (χ1) is 10.7. The Morgan fingerprint density at radius 3 is 1.35 bits per heavy atom. The van der Waals surface area contributed by atoms with Gasteiger partial charge in [0.05, 0.1) is 0 Å². The highest BCUT2D eigenvalue weighted by molar-refractivity contribution is 5.62.